The average Bonchev–Trinajstić information content (AvgIpc) is 2.58. The second kappa shape index (κ2) is 7.83. The Morgan fingerprint density at radius 1 is 1.15 bits per heavy atom. The van der Waals surface area contributed by atoms with E-state index in [2.05, 4.69) is 15.3 Å². The Hall–Kier alpha value is -2.47. The highest BCUT2D eigenvalue weighted by molar-refractivity contribution is 5.94. The average molecular weight is 354 g/mol. The van der Waals surface area contributed by atoms with Gasteiger partial charge in [-0.25, -0.2) is 9.97 Å². The van der Waals surface area contributed by atoms with Crippen molar-refractivity contribution in [2.75, 3.05) is 18.4 Å². The first-order valence-corrected chi connectivity index (χ1v) is 9.00. The second-order valence-electron chi connectivity index (χ2n) is 6.96. The number of nitrogens with zero attached hydrogens (tertiary/aromatic N) is 3. The van der Waals surface area contributed by atoms with E-state index in [4.69, 9.17) is 4.74 Å². The van der Waals surface area contributed by atoms with E-state index in [0.717, 1.165) is 22.9 Å². The van der Waals surface area contributed by atoms with Crippen LogP contribution in [0, 0.1) is 13.8 Å². The van der Waals surface area contributed by atoms with Crippen molar-refractivity contribution in [3.05, 3.63) is 53.0 Å². The highest BCUT2D eigenvalue weighted by atomic mass is 16.5. The topological polar surface area (TPSA) is 67.4 Å². The summed E-state index contributed by atoms with van der Waals surface area (Å²) < 4.78 is 5.70. The first-order valence-electron chi connectivity index (χ1n) is 9.00. The third-order valence-electron chi connectivity index (χ3n) is 4.35. The van der Waals surface area contributed by atoms with Crippen LogP contribution in [0.4, 0.5) is 5.82 Å². The minimum atomic E-state index is 0.0635. The molecule has 1 amide bonds. The number of ether oxygens (including phenoxy) is 1. The first-order chi connectivity index (χ1) is 12.4. The van der Waals surface area contributed by atoms with E-state index in [1.54, 1.807) is 0 Å². The quantitative estimate of drug-likeness (QED) is 0.914. The highest BCUT2D eigenvalue weighted by Gasteiger charge is 2.26. The van der Waals surface area contributed by atoms with E-state index in [0.29, 0.717) is 25.2 Å². The molecule has 1 aromatic carbocycles. The molecule has 2 unspecified atom stereocenters. The molecule has 1 fully saturated rings. The largest absolute Gasteiger partial charge is 0.372 e. The molecule has 1 saturated heterocycles. The van der Waals surface area contributed by atoms with Gasteiger partial charge in [-0.3, -0.25) is 4.79 Å². The van der Waals surface area contributed by atoms with Crippen LogP contribution < -0.4 is 5.32 Å². The summed E-state index contributed by atoms with van der Waals surface area (Å²) in [5.41, 5.74) is 2.75. The van der Waals surface area contributed by atoms with Gasteiger partial charge in [-0.2, -0.15) is 0 Å². The Morgan fingerprint density at radius 2 is 1.81 bits per heavy atom. The normalized spacial score (nSPS) is 20.1. The number of benzene rings is 1. The van der Waals surface area contributed by atoms with E-state index in [1.807, 2.05) is 62.9 Å². The van der Waals surface area contributed by atoms with Crippen LogP contribution in [-0.4, -0.2) is 46.1 Å². The zero-order chi connectivity index (χ0) is 18.7. The van der Waals surface area contributed by atoms with Gasteiger partial charge in [-0.1, -0.05) is 12.1 Å². The molecular formula is C20H26N4O2. The summed E-state index contributed by atoms with van der Waals surface area (Å²) in [6.07, 6.45) is 0.150. The van der Waals surface area contributed by atoms with E-state index < -0.39 is 0 Å². The van der Waals surface area contributed by atoms with Gasteiger partial charge in [0.1, 0.15) is 11.6 Å². The summed E-state index contributed by atoms with van der Waals surface area (Å²) in [5, 5.41) is 3.30. The molecule has 2 heterocycles. The van der Waals surface area contributed by atoms with Crippen LogP contribution in [0.1, 0.15) is 41.3 Å². The van der Waals surface area contributed by atoms with E-state index in [1.165, 1.54) is 0 Å². The predicted octanol–water partition coefficient (Wildman–Crippen LogP) is 2.95. The molecule has 26 heavy (non-hydrogen) atoms. The SMILES string of the molecule is Cc1cc(NCc2ccc(C(=O)N3CC(C)OC(C)C3)cc2)nc(C)n1. The zero-order valence-electron chi connectivity index (χ0n) is 15.8. The lowest BCUT2D eigenvalue weighted by Gasteiger charge is -2.35. The minimum absolute atomic E-state index is 0.0635. The fraction of sp³-hybridized carbons (Fsp3) is 0.450. The molecule has 0 saturated carbocycles. The van der Waals surface area contributed by atoms with Gasteiger partial charge in [0.25, 0.3) is 5.91 Å². The van der Waals surface area contributed by atoms with Crippen LogP contribution in [0.25, 0.3) is 0 Å². The molecule has 3 rings (SSSR count). The molecule has 6 heteroatoms. The summed E-state index contributed by atoms with van der Waals surface area (Å²) in [4.78, 5) is 23.2. The molecular weight excluding hydrogens is 328 g/mol. The number of amides is 1. The van der Waals surface area contributed by atoms with E-state index >= 15 is 0 Å². The lowest BCUT2D eigenvalue weighted by molar-refractivity contribution is -0.0586. The number of aromatic nitrogens is 2. The lowest BCUT2D eigenvalue weighted by atomic mass is 10.1. The van der Waals surface area contributed by atoms with Crippen molar-refractivity contribution in [2.45, 2.75) is 46.4 Å². The number of anilines is 1. The summed E-state index contributed by atoms with van der Waals surface area (Å²) in [5.74, 6) is 1.63. The summed E-state index contributed by atoms with van der Waals surface area (Å²) in [6.45, 7) is 9.76. The van der Waals surface area contributed by atoms with Gasteiger partial charge in [0, 0.05) is 37.0 Å². The zero-order valence-corrected chi connectivity index (χ0v) is 15.8. The third-order valence-corrected chi connectivity index (χ3v) is 4.35. The maximum Gasteiger partial charge on any atom is 0.254 e. The van der Waals surface area contributed by atoms with Crippen molar-refractivity contribution in [1.29, 1.82) is 0 Å². The number of carbonyl (C=O) groups is 1. The number of hydrogen-bond acceptors (Lipinski definition) is 5. The molecule has 0 spiro atoms. The van der Waals surface area contributed by atoms with Gasteiger partial charge in [0.05, 0.1) is 12.2 Å². The molecule has 0 aliphatic carbocycles. The van der Waals surface area contributed by atoms with Crippen LogP contribution in [0.15, 0.2) is 30.3 Å². The number of aryl methyl sites for hydroxylation is 2. The molecule has 2 aromatic rings. The summed E-state index contributed by atoms with van der Waals surface area (Å²) in [6, 6.07) is 9.66. The molecule has 0 bridgehead atoms. The van der Waals surface area contributed by atoms with Gasteiger partial charge in [-0.15, -0.1) is 0 Å². The Balaban J connectivity index is 1.62. The monoisotopic (exact) mass is 354 g/mol. The third kappa shape index (κ3) is 4.58. The van der Waals surface area contributed by atoms with Gasteiger partial charge in [0.15, 0.2) is 0 Å². The molecule has 0 radical (unpaired) electrons. The van der Waals surface area contributed by atoms with Gasteiger partial charge >= 0.3 is 0 Å². The van der Waals surface area contributed by atoms with E-state index in [-0.39, 0.29) is 18.1 Å². The Morgan fingerprint density at radius 3 is 2.42 bits per heavy atom. The minimum Gasteiger partial charge on any atom is -0.372 e. The molecule has 1 aliphatic rings. The van der Waals surface area contributed by atoms with Crippen LogP contribution in [0.5, 0.6) is 0 Å². The number of carbonyl (C=O) groups excluding carboxylic acids is 1. The smallest absolute Gasteiger partial charge is 0.254 e. The van der Waals surface area contributed by atoms with Crippen molar-refractivity contribution in [3.8, 4) is 0 Å². The molecule has 1 aromatic heterocycles. The standard InChI is InChI=1S/C20H26N4O2/c1-13-9-19(23-16(4)22-13)21-10-17-5-7-18(8-6-17)20(25)24-11-14(2)26-15(3)12-24/h5-9,14-15H,10-12H2,1-4H3,(H,21,22,23). The lowest BCUT2D eigenvalue weighted by Crippen LogP contribution is -2.48. The van der Waals surface area contributed by atoms with E-state index in [9.17, 15) is 4.79 Å². The van der Waals surface area contributed by atoms with Crippen molar-refractivity contribution in [3.63, 3.8) is 0 Å². The fourth-order valence-corrected chi connectivity index (χ4v) is 3.29. The second-order valence-corrected chi connectivity index (χ2v) is 6.96. The summed E-state index contributed by atoms with van der Waals surface area (Å²) >= 11 is 0. The molecule has 138 valence electrons. The highest BCUT2D eigenvalue weighted by Crippen LogP contribution is 2.15. The Bertz CT molecular complexity index is 746. The predicted molar refractivity (Wildman–Crippen MR) is 101 cm³/mol. The van der Waals surface area contributed by atoms with Crippen molar-refractivity contribution in [2.24, 2.45) is 0 Å². The number of hydrogen-bond donors (Lipinski definition) is 1. The summed E-state index contributed by atoms with van der Waals surface area (Å²) in [7, 11) is 0. The maximum absolute atomic E-state index is 12.7. The van der Waals surface area contributed by atoms with Crippen LogP contribution in [-0.2, 0) is 11.3 Å². The van der Waals surface area contributed by atoms with Crippen LogP contribution in [0.2, 0.25) is 0 Å². The Kier molecular flexibility index (Phi) is 5.52. The Labute approximate surface area is 154 Å². The van der Waals surface area contributed by atoms with Gasteiger partial charge < -0.3 is 15.0 Å². The number of morpholine rings is 1. The molecule has 1 aliphatic heterocycles. The van der Waals surface area contributed by atoms with Crippen molar-refractivity contribution in [1.82, 2.24) is 14.9 Å². The number of rotatable bonds is 4. The van der Waals surface area contributed by atoms with Gasteiger partial charge in [-0.05, 0) is 45.4 Å². The van der Waals surface area contributed by atoms with Crippen LogP contribution in [0.3, 0.4) is 0 Å². The molecule has 1 N–H and O–H groups in total. The van der Waals surface area contributed by atoms with Crippen LogP contribution >= 0.6 is 0 Å². The molecule has 2 atom stereocenters. The maximum atomic E-state index is 12.7. The number of nitrogens with one attached hydrogen (secondary N) is 1. The molecule has 6 nitrogen and oxygen atoms in total. The van der Waals surface area contributed by atoms with Gasteiger partial charge in [0.2, 0.25) is 0 Å². The fourth-order valence-electron chi connectivity index (χ4n) is 3.29. The van der Waals surface area contributed by atoms with Crippen molar-refractivity contribution < 1.29 is 9.53 Å². The van der Waals surface area contributed by atoms with Crippen molar-refractivity contribution >= 4 is 11.7 Å². The first kappa shape index (κ1) is 18.3.